The van der Waals surface area contributed by atoms with Gasteiger partial charge >= 0.3 is 0 Å². The molecular formula is C15H18BrN3. The van der Waals surface area contributed by atoms with Gasteiger partial charge in [-0.3, -0.25) is 0 Å². The Bertz CT molecular complexity index is 508. The van der Waals surface area contributed by atoms with Crippen LogP contribution in [0.3, 0.4) is 0 Å². The van der Waals surface area contributed by atoms with Crippen LogP contribution in [0, 0.1) is 0 Å². The number of halogens is 1. The summed E-state index contributed by atoms with van der Waals surface area (Å²) in [6.45, 7) is 3.97. The standard InChI is InChI=1S/C15H18BrN3/c1-2-8-19(11-12-6-4-3-5-7-12)15-10-13(17)9-14(16)18-15/h3-7,9-10H,2,8,11H2,1H3,(H2,17,18). The van der Waals surface area contributed by atoms with Crippen LogP contribution in [0.4, 0.5) is 11.5 Å². The van der Waals surface area contributed by atoms with Gasteiger partial charge in [0.2, 0.25) is 0 Å². The first-order chi connectivity index (χ1) is 9.19. The number of hydrogen-bond acceptors (Lipinski definition) is 3. The molecule has 4 heteroatoms. The summed E-state index contributed by atoms with van der Waals surface area (Å²) in [6, 6.07) is 14.1. The second-order valence-electron chi connectivity index (χ2n) is 4.49. The molecule has 0 bridgehead atoms. The van der Waals surface area contributed by atoms with E-state index in [-0.39, 0.29) is 0 Å². The molecule has 1 aromatic heterocycles. The molecule has 0 aliphatic carbocycles. The molecule has 0 saturated heterocycles. The second-order valence-corrected chi connectivity index (χ2v) is 5.30. The molecule has 1 heterocycles. The third-order valence-electron chi connectivity index (χ3n) is 2.84. The Morgan fingerprint density at radius 1 is 1.21 bits per heavy atom. The van der Waals surface area contributed by atoms with Crippen molar-refractivity contribution in [2.45, 2.75) is 19.9 Å². The number of pyridine rings is 1. The molecule has 0 radical (unpaired) electrons. The first kappa shape index (κ1) is 13.9. The number of aromatic nitrogens is 1. The van der Waals surface area contributed by atoms with E-state index in [1.807, 2.05) is 18.2 Å². The summed E-state index contributed by atoms with van der Waals surface area (Å²) in [6.07, 6.45) is 1.07. The summed E-state index contributed by atoms with van der Waals surface area (Å²) in [5.41, 5.74) is 7.89. The van der Waals surface area contributed by atoms with E-state index in [2.05, 4.69) is 57.0 Å². The Balaban J connectivity index is 2.24. The van der Waals surface area contributed by atoms with E-state index in [1.54, 1.807) is 0 Å². The first-order valence-electron chi connectivity index (χ1n) is 6.41. The van der Waals surface area contributed by atoms with E-state index in [0.717, 1.165) is 35.6 Å². The van der Waals surface area contributed by atoms with Crippen LogP contribution in [0.1, 0.15) is 18.9 Å². The van der Waals surface area contributed by atoms with Gasteiger partial charge in [-0.05, 0) is 34.0 Å². The predicted molar refractivity (Wildman–Crippen MR) is 84.1 cm³/mol. The molecule has 2 rings (SSSR count). The highest BCUT2D eigenvalue weighted by atomic mass is 79.9. The van der Waals surface area contributed by atoms with Gasteiger partial charge in [-0.2, -0.15) is 0 Å². The molecule has 0 aliphatic heterocycles. The van der Waals surface area contributed by atoms with Crippen LogP contribution in [-0.2, 0) is 6.54 Å². The number of anilines is 2. The van der Waals surface area contributed by atoms with Gasteiger partial charge < -0.3 is 10.6 Å². The van der Waals surface area contributed by atoms with Crippen molar-refractivity contribution in [3.63, 3.8) is 0 Å². The molecule has 0 atom stereocenters. The fourth-order valence-corrected chi connectivity index (χ4v) is 2.46. The summed E-state index contributed by atoms with van der Waals surface area (Å²) in [7, 11) is 0. The average molecular weight is 320 g/mol. The molecule has 0 amide bonds. The highest BCUT2D eigenvalue weighted by Gasteiger charge is 2.09. The van der Waals surface area contributed by atoms with Crippen molar-refractivity contribution in [2.24, 2.45) is 0 Å². The van der Waals surface area contributed by atoms with Crippen molar-refractivity contribution < 1.29 is 0 Å². The van der Waals surface area contributed by atoms with Gasteiger partial charge in [-0.15, -0.1) is 0 Å². The monoisotopic (exact) mass is 319 g/mol. The van der Waals surface area contributed by atoms with Gasteiger partial charge in [0.25, 0.3) is 0 Å². The van der Waals surface area contributed by atoms with Crippen LogP contribution in [-0.4, -0.2) is 11.5 Å². The molecule has 100 valence electrons. The van der Waals surface area contributed by atoms with E-state index >= 15 is 0 Å². The van der Waals surface area contributed by atoms with E-state index in [4.69, 9.17) is 5.73 Å². The van der Waals surface area contributed by atoms with E-state index in [1.165, 1.54) is 5.56 Å². The largest absolute Gasteiger partial charge is 0.399 e. The molecule has 3 nitrogen and oxygen atoms in total. The number of nitrogen functional groups attached to an aromatic ring is 1. The molecule has 0 fully saturated rings. The molecule has 0 unspecified atom stereocenters. The highest BCUT2D eigenvalue weighted by Crippen LogP contribution is 2.21. The lowest BCUT2D eigenvalue weighted by molar-refractivity contribution is 0.754. The van der Waals surface area contributed by atoms with Crippen LogP contribution < -0.4 is 10.6 Å². The molecule has 0 aliphatic rings. The maximum atomic E-state index is 5.89. The normalized spacial score (nSPS) is 10.4. The van der Waals surface area contributed by atoms with Crippen LogP contribution in [0.2, 0.25) is 0 Å². The summed E-state index contributed by atoms with van der Waals surface area (Å²) >= 11 is 3.40. The highest BCUT2D eigenvalue weighted by molar-refractivity contribution is 9.10. The Labute approximate surface area is 122 Å². The molecule has 0 spiro atoms. The van der Waals surface area contributed by atoms with E-state index in [9.17, 15) is 0 Å². The Hall–Kier alpha value is -1.55. The lowest BCUT2D eigenvalue weighted by atomic mass is 10.2. The molecule has 2 aromatic rings. The van der Waals surface area contributed by atoms with Gasteiger partial charge in [0.1, 0.15) is 10.4 Å². The Morgan fingerprint density at radius 3 is 2.58 bits per heavy atom. The van der Waals surface area contributed by atoms with E-state index in [0.29, 0.717) is 0 Å². The van der Waals surface area contributed by atoms with Crippen LogP contribution >= 0.6 is 15.9 Å². The van der Waals surface area contributed by atoms with Crippen molar-refractivity contribution in [3.05, 3.63) is 52.6 Å². The Morgan fingerprint density at radius 2 is 1.95 bits per heavy atom. The van der Waals surface area contributed by atoms with Gasteiger partial charge in [-0.1, -0.05) is 37.3 Å². The number of nitrogens with two attached hydrogens (primary N) is 1. The minimum Gasteiger partial charge on any atom is -0.399 e. The maximum Gasteiger partial charge on any atom is 0.132 e. The van der Waals surface area contributed by atoms with Crippen molar-refractivity contribution in [1.82, 2.24) is 4.98 Å². The fourth-order valence-electron chi connectivity index (χ4n) is 2.01. The lowest BCUT2D eigenvalue weighted by Gasteiger charge is -2.23. The third-order valence-corrected chi connectivity index (χ3v) is 3.24. The molecule has 0 saturated carbocycles. The zero-order chi connectivity index (χ0) is 13.7. The fraction of sp³-hybridized carbons (Fsp3) is 0.267. The van der Waals surface area contributed by atoms with Gasteiger partial charge in [-0.25, -0.2) is 4.98 Å². The number of benzene rings is 1. The van der Waals surface area contributed by atoms with Gasteiger partial charge in [0.15, 0.2) is 0 Å². The molecule has 1 aromatic carbocycles. The lowest BCUT2D eigenvalue weighted by Crippen LogP contribution is -2.24. The van der Waals surface area contributed by atoms with Crippen molar-refractivity contribution in [3.8, 4) is 0 Å². The predicted octanol–water partition coefficient (Wildman–Crippen LogP) is 3.84. The minimum absolute atomic E-state index is 0.728. The quantitative estimate of drug-likeness (QED) is 0.851. The number of hydrogen-bond donors (Lipinski definition) is 1. The zero-order valence-electron chi connectivity index (χ0n) is 11.0. The van der Waals surface area contributed by atoms with Gasteiger partial charge in [0, 0.05) is 24.8 Å². The first-order valence-corrected chi connectivity index (χ1v) is 7.20. The number of rotatable bonds is 5. The topological polar surface area (TPSA) is 42.1 Å². The zero-order valence-corrected chi connectivity index (χ0v) is 12.6. The molecule has 19 heavy (non-hydrogen) atoms. The van der Waals surface area contributed by atoms with Crippen LogP contribution in [0.5, 0.6) is 0 Å². The van der Waals surface area contributed by atoms with Crippen molar-refractivity contribution in [2.75, 3.05) is 17.2 Å². The Kier molecular flexibility index (Phi) is 4.80. The summed E-state index contributed by atoms with van der Waals surface area (Å²) in [5.74, 6) is 0.914. The summed E-state index contributed by atoms with van der Waals surface area (Å²) in [5, 5.41) is 0. The third kappa shape index (κ3) is 3.96. The average Bonchev–Trinajstić information content (AvgIpc) is 2.38. The minimum atomic E-state index is 0.728. The van der Waals surface area contributed by atoms with Gasteiger partial charge in [0.05, 0.1) is 0 Å². The second kappa shape index (κ2) is 6.57. The molecule has 2 N–H and O–H groups in total. The van der Waals surface area contributed by atoms with Crippen LogP contribution in [0.25, 0.3) is 0 Å². The summed E-state index contributed by atoms with van der Waals surface area (Å²) in [4.78, 5) is 6.76. The number of nitrogens with zero attached hydrogens (tertiary/aromatic N) is 2. The summed E-state index contributed by atoms with van der Waals surface area (Å²) < 4.78 is 0.775. The van der Waals surface area contributed by atoms with E-state index < -0.39 is 0 Å². The SMILES string of the molecule is CCCN(Cc1ccccc1)c1cc(N)cc(Br)n1. The maximum absolute atomic E-state index is 5.89. The van der Waals surface area contributed by atoms with Crippen LogP contribution in [0.15, 0.2) is 47.1 Å². The van der Waals surface area contributed by atoms with Crippen molar-refractivity contribution >= 4 is 27.4 Å². The molecular weight excluding hydrogens is 302 g/mol. The van der Waals surface area contributed by atoms with Crippen molar-refractivity contribution in [1.29, 1.82) is 0 Å². The smallest absolute Gasteiger partial charge is 0.132 e.